The lowest BCUT2D eigenvalue weighted by Crippen LogP contribution is -2.46. The number of rotatable bonds is 49. The smallest absolute Gasteiger partial charge is 0.391 e. The van der Waals surface area contributed by atoms with E-state index in [4.69, 9.17) is 14.8 Å². The number of nitrogens with one attached hydrogen (secondary N) is 1. The molecule has 63 heavy (non-hydrogen) atoms. The lowest BCUT2D eigenvalue weighted by Gasteiger charge is -2.25. The predicted octanol–water partition coefficient (Wildman–Crippen LogP) is 15.8. The van der Waals surface area contributed by atoms with Gasteiger partial charge < -0.3 is 21.1 Å². The summed E-state index contributed by atoms with van der Waals surface area (Å²) < 4.78 is 22.3. The number of carbonyl (C=O) groups is 1. The van der Waals surface area contributed by atoms with Crippen molar-refractivity contribution < 1.29 is 28.4 Å². The first-order chi connectivity index (χ1) is 30.9. The van der Waals surface area contributed by atoms with Gasteiger partial charge in [0.1, 0.15) is 0 Å². The third-order valence-electron chi connectivity index (χ3n) is 11.6. The van der Waals surface area contributed by atoms with Crippen molar-refractivity contribution in [2.45, 2.75) is 257 Å². The predicted molar refractivity (Wildman–Crippen MR) is 272 cm³/mol. The van der Waals surface area contributed by atoms with Gasteiger partial charge in [0, 0.05) is 13.0 Å². The second-order valence-corrected chi connectivity index (χ2v) is 19.2. The van der Waals surface area contributed by atoms with Gasteiger partial charge in [0.25, 0.3) is 0 Å². The van der Waals surface area contributed by atoms with E-state index in [-0.39, 0.29) is 25.7 Å². The largest absolute Gasteiger partial charge is 0.472 e. The van der Waals surface area contributed by atoms with Gasteiger partial charge in [-0.05, 0) is 57.8 Å². The number of hydrogen-bond acceptors (Lipinski definition) is 6. The number of phosphoric ester groups is 1. The van der Waals surface area contributed by atoms with Crippen molar-refractivity contribution in [1.29, 1.82) is 0 Å². The number of nitrogens with two attached hydrogens (primary N) is 1. The molecular weight excluding hydrogens is 804 g/mol. The zero-order valence-electron chi connectivity index (χ0n) is 41.1. The number of carbonyl (C=O) groups excluding carboxylic acids is 1. The van der Waals surface area contributed by atoms with Gasteiger partial charge in [-0.15, -0.1) is 0 Å². The van der Waals surface area contributed by atoms with Crippen molar-refractivity contribution in [3.05, 3.63) is 60.8 Å². The van der Waals surface area contributed by atoms with Gasteiger partial charge in [-0.3, -0.25) is 13.8 Å². The van der Waals surface area contributed by atoms with E-state index in [1.54, 1.807) is 0 Å². The molecule has 0 aromatic carbocycles. The summed E-state index contributed by atoms with van der Waals surface area (Å²) in [7, 11) is -4.33. The Hall–Kier alpha value is -1.80. The first-order valence-corrected chi connectivity index (χ1v) is 27.9. The van der Waals surface area contributed by atoms with Crippen molar-refractivity contribution in [3.8, 4) is 0 Å². The highest BCUT2D eigenvalue weighted by Gasteiger charge is 2.27. The van der Waals surface area contributed by atoms with Crippen LogP contribution in [0, 0.1) is 0 Å². The van der Waals surface area contributed by atoms with Gasteiger partial charge in [0.05, 0.1) is 25.4 Å². The quantitative estimate of drug-likeness (QED) is 0.0272. The molecule has 0 saturated heterocycles. The van der Waals surface area contributed by atoms with Crippen LogP contribution in [0.4, 0.5) is 0 Å². The zero-order chi connectivity index (χ0) is 46.0. The van der Waals surface area contributed by atoms with Crippen molar-refractivity contribution in [3.63, 3.8) is 0 Å². The molecule has 0 fully saturated rings. The monoisotopic (exact) mass is 905 g/mol. The normalized spacial score (nSPS) is 14.3. The summed E-state index contributed by atoms with van der Waals surface area (Å²) in [5.74, 6) is -0.172. The minimum Gasteiger partial charge on any atom is -0.391 e. The highest BCUT2D eigenvalue weighted by Crippen LogP contribution is 2.43. The van der Waals surface area contributed by atoms with Crippen molar-refractivity contribution >= 4 is 13.7 Å². The maximum atomic E-state index is 12.9. The molecule has 0 aromatic heterocycles. The van der Waals surface area contributed by atoms with Crippen LogP contribution < -0.4 is 11.1 Å². The maximum Gasteiger partial charge on any atom is 0.472 e. The van der Waals surface area contributed by atoms with Gasteiger partial charge in [0.2, 0.25) is 5.91 Å². The summed E-state index contributed by atoms with van der Waals surface area (Å²) in [6.45, 7) is 4.11. The topological polar surface area (TPSA) is 131 Å². The summed E-state index contributed by atoms with van der Waals surface area (Å²) in [5, 5.41) is 13.9. The Morgan fingerprint density at radius 1 is 0.540 bits per heavy atom. The fourth-order valence-corrected chi connectivity index (χ4v) is 8.45. The lowest BCUT2D eigenvalue weighted by molar-refractivity contribution is -0.123. The average Bonchev–Trinajstić information content (AvgIpc) is 3.27. The number of hydrogen-bond donors (Lipinski definition) is 4. The van der Waals surface area contributed by atoms with E-state index < -0.39 is 20.0 Å². The lowest BCUT2D eigenvalue weighted by atomic mass is 10.0. The second kappa shape index (κ2) is 49.6. The molecular formula is C54H101N2O6P. The molecule has 0 spiro atoms. The Morgan fingerprint density at radius 2 is 0.921 bits per heavy atom. The number of amides is 1. The molecule has 9 heteroatoms. The summed E-state index contributed by atoms with van der Waals surface area (Å²) in [4.78, 5) is 22.9. The van der Waals surface area contributed by atoms with Gasteiger partial charge >= 0.3 is 7.82 Å². The zero-order valence-corrected chi connectivity index (χ0v) is 42.0. The maximum absolute atomic E-state index is 12.9. The van der Waals surface area contributed by atoms with Gasteiger partial charge in [-0.25, -0.2) is 4.57 Å². The van der Waals surface area contributed by atoms with Crippen LogP contribution in [0.2, 0.25) is 0 Å². The molecule has 1 amide bonds. The molecule has 3 unspecified atom stereocenters. The highest BCUT2D eigenvalue weighted by molar-refractivity contribution is 7.47. The molecule has 5 N–H and O–H groups in total. The van der Waals surface area contributed by atoms with Crippen LogP contribution in [-0.4, -0.2) is 47.8 Å². The van der Waals surface area contributed by atoms with Crippen LogP contribution in [0.1, 0.15) is 245 Å². The molecule has 0 aromatic rings. The Bertz CT molecular complexity index is 1170. The number of allylic oxidation sites excluding steroid dienone is 10. The molecule has 0 bridgehead atoms. The third kappa shape index (κ3) is 48.0. The Balaban J connectivity index is 4.07. The van der Waals surface area contributed by atoms with Crippen LogP contribution in [0.3, 0.4) is 0 Å². The summed E-state index contributed by atoms with van der Waals surface area (Å²) in [6.07, 6.45) is 63.8. The highest BCUT2D eigenvalue weighted by atomic mass is 31.2. The standard InChI is InChI=1S/C54H101N2O6P/c1-3-5-7-9-11-13-15-17-19-21-23-25-26-28-30-32-34-36-38-40-42-44-46-48-54(58)56-52(51-62-63(59,60)61-50-49-55)53(57)47-45-43-41-39-37-35-33-31-29-27-24-22-20-18-16-14-12-10-8-6-4-2/h5,7,11,13,17,19,23,25,28,30,52-53,57H,3-4,6,8-10,12,14-16,18,20-22,24,26-27,29,31-51,55H2,1-2H3,(H,56,58)(H,59,60)/b7-5-,13-11-,19-17-,25-23-,30-28-. The molecule has 0 aliphatic rings. The summed E-state index contributed by atoms with van der Waals surface area (Å²) >= 11 is 0. The van der Waals surface area contributed by atoms with E-state index >= 15 is 0 Å². The van der Waals surface area contributed by atoms with Gasteiger partial charge in [-0.2, -0.15) is 0 Å². The number of aliphatic hydroxyl groups is 1. The molecule has 0 aliphatic carbocycles. The molecule has 0 rings (SSSR count). The molecule has 0 saturated carbocycles. The van der Waals surface area contributed by atoms with Crippen molar-refractivity contribution in [2.24, 2.45) is 5.73 Å². The van der Waals surface area contributed by atoms with E-state index in [2.05, 4.69) is 79.9 Å². The van der Waals surface area contributed by atoms with Gasteiger partial charge in [0.15, 0.2) is 0 Å². The van der Waals surface area contributed by atoms with E-state index in [0.717, 1.165) is 83.5 Å². The summed E-state index contributed by atoms with van der Waals surface area (Å²) in [5.41, 5.74) is 5.40. The fourth-order valence-electron chi connectivity index (χ4n) is 7.69. The van der Waals surface area contributed by atoms with E-state index in [9.17, 15) is 19.4 Å². The van der Waals surface area contributed by atoms with Crippen LogP contribution in [0.15, 0.2) is 60.8 Å². The van der Waals surface area contributed by atoms with Crippen LogP contribution in [-0.2, 0) is 18.4 Å². The average molecular weight is 905 g/mol. The Morgan fingerprint density at radius 3 is 1.35 bits per heavy atom. The third-order valence-corrected chi connectivity index (χ3v) is 12.6. The molecule has 368 valence electrons. The first-order valence-electron chi connectivity index (χ1n) is 26.4. The SMILES string of the molecule is CC/C=C\C/C=C\C/C=C\C/C=C\C/C=C\CCCCCCCCCC(=O)NC(COP(=O)(O)OCCN)C(O)CCCCCCCCCCCCCCCCCCCCCCC. The Labute approximate surface area is 389 Å². The van der Waals surface area contributed by atoms with Gasteiger partial charge in [-0.1, -0.05) is 242 Å². The van der Waals surface area contributed by atoms with Crippen LogP contribution in [0.25, 0.3) is 0 Å². The van der Waals surface area contributed by atoms with Crippen molar-refractivity contribution in [1.82, 2.24) is 5.32 Å². The van der Waals surface area contributed by atoms with Crippen molar-refractivity contribution in [2.75, 3.05) is 19.8 Å². The summed E-state index contributed by atoms with van der Waals surface area (Å²) in [6, 6.07) is -0.785. The van der Waals surface area contributed by atoms with E-state index in [1.807, 2.05) is 0 Å². The van der Waals surface area contributed by atoms with E-state index in [1.165, 1.54) is 135 Å². The minimum atomic E-state index is -4.33. The minimum absolute atomic E-state index is 0.0846. The molecule has 0 aliphatic heterocycles. The molecule has 0 heterocycles. The second-order valence-electron chi connectivity index (χ2n) is 17.7. The van der Waals surface area contributed by atoms with Crippen LogP contribution >= 0.6 is 7.82 Å². The fraction of sp³-hybridized carbons (Fsp3) is 0.796. The molecule has 0 radical (unpaired) electrons. The molecule has 3 atom stereocenters. The molecule has 8 nitrogen and oxygen atoms in total. The van der Waals surface area contributed by atoms with Crippen LogP contribution in [0.5, 0.6) is 0 Å². The number of phosphoric acid groups is 1. The number of unbranched alkanes of at least 4 members (excludes halogenated alkanes) is 27. The first kappa shape index (κ1) is 61.2. The van der Waals surface area contributed by atoms with E-state index in [0.29, 0.717) is 12.8 Å². The number of aliphatic hydroxyl groups excluding tert-OH is 1. The Kier molecular flexibility index (Phi) is 48.2.